The molecule has 0 spiro atoms. The van der Waals surface area contributed by atoms with Crippen LogP contribution in [0.4, 0.5) is 0 Å². The van der Waals surface area contributed by atoms with Crippen molar-refractivity contribution in [1.82, 2.24) is 4.90 Å². The molecule has 0 aromatic heterocycles. The van der Waals surface area contributed by atoms with Crippen molar-refractivity contribution >= 4 is 34.3 Å². The number of rotatable bonds is 2. The Morgan fingerprint density at radius 1 is 1.43 bits per heavy atom. The number of benzene rings is 1. The van der Waals surface area contributed by atoms with Crippen molar-refractivity contribution in [3.8, 4) is 5.75 Å². The van der Waals surface area contributed by atoms with E-state index in [-0.39, 0.29) is 17.5 Å². The number of piperidine rings is 1. The summed E-state index contributed by atoms with van der Waals surface area (Å²) in [5, 5.41) is 21.8. The Morgan fingerprint density at radius 2 is 2.05 bits per heavy atom. The standard InChI is InChI=1S/C14H18IN3O3/c1-14(13(16)17-21)4-6-18(7-5-14)12(20)10-8-9(15)2-3-11(10)19/h2-3,8,19,21H,4-7H2,1H3,(H2,16,17). The van der Waals surface area contributed by atoms with Gasteiger partial charge in [0.05, 0.1) is 5.56 Å². The van der Waals surface area contributed by atoms with Crippen LogP contribution in [-0.4, -0.2) is 40.0 Å². The van der Waals surface area contributed by atoms with Crippen LogP contribution in [0.15, 0.2) is 23.4 Å². The van der Waals surface area contributed by atoms with E-state index < -0.39 is 5.41 Å². The summed E-state index contributed by atoms with van der Waals surface area (Å²) in [6.07, 6.45) is 1.25. The minimum atomic E-state index is -0.390. The molecule has 4 N–H and O–H groups in total. The SMILES string of the molecule is CC1(/C(N)=N/O)CCN(C(=O)c2cc(I)ccc2O)CC1. The summed E-state index contributed by atoms with van der Waals surface area (Å²) in [4.78, 5) is 14.2. The quantitative estimate of drug-likeness (QED) is 0.231. The van der Waals surface area contributed by atoms with Crippen molar-refractivity contribution in [1.29, 1.82) is 0 Å². The molecule has 114 valence electrons. The highest BCUT2D eigenvalue weighted by atomic mass is 127. The maximum atomic E-state index is 12.5. The van der Waals surface area contributed by atoms with E-state index in [1.807, 2.05) is 6.92 Å². The maximum absolute atomic E-state index is 12.5. The number of hydrogen-bond acceptors (Lipinski definition) is 4. The Labute approximate surface area is 136 Å². The molecule has 2 rings (SSSR count). The fourth-order valence-electron chi connectivity index (χ4n) is 2.43. The molecular weight excluding hydrogens is 385 g/mol. The zero-order chi connectivity index (χ0) is 15.6. The molecule has 1 aromatic carbocycles. The summed E-state index contributed by atoms with van der Waals surface area (Å²) in [5.74, 6) is 0.00414. The van der Waals surface area contributed by atoms with Gasteiger partial charge in [0, 0.05) is 22.1 Å². The van der Waals surface area contributed by atoms with E-state index in [4.69, 9.17) is 10.9 Å². The largest absolute Gasteiger partial charge is 0.507 e. The lowest BCUT2D eigenvalue weighted by Gasteiger charge is -2.38. The van der Waals surface area contributed by atoms with Crippen LogP contribution in [0.3, 0.4) is 0 Å². The lowest BCUT2D eigenvalue weighted by molar-refractivity contribution is 0.0663. The molecule has 1 heterocycles. The van der Waals surface area contributed by atoms with Crippen LogP contribution in [0.25, 0.3) is 0 Å². The molecule has 0 atom stereocenters. The van der Waals surface area contributed by atoms with Gasteiger partial charge in [-0.2, -0.15) is 0 Å². The Morgan fingerprint density at radius 3 is 2.62 bits per heavy atom. The van der Waals surface area contributed by atoms with Gasteiger partial charge in [-0.25, -0.2) is 0 Å². The molecule has 1 aliphatic rings. The number of likely N-dealkylation sites (tertiary alicyclic amines) is 1. The van der Waals surface area contributed by atoms with Crippen molar-refractivity contribution in [2.45, 2.75) is 19.8 Å². The number of aromatic hydroxyl groups is 1. The maximum Gasteiger partial charge on any atom is 0.257 e. The summed E-state index contributed by atoms with van der Waals surface area (Å²) in [6.45, 7) is 2.94. The molecular formula is C14H18IN3O3. The molecule has 1 saturated heterocycles. The number of nitrogens with zero attached hydrogens (tertiary/aromatic N) is 2. The van der Waals surface area contributed by atoms with Crippen LogP contribution in [0.2, 0.25) is 0 Å². The van der Waals surface area contributed by atoms with Gasteiger partial charge in [0.25, 0.3) is 5.91 Å². The average molecular weight is 403 g/mol. The summed E-state index contributed by atoms with van der Waals surface area (Å²) in [6, 6.07) is 4.95. The van der Waals surface area contributed by atoms with Crippen LogP contribution in [-0.2, 0) is 0 Å². The average Bonchev–Trinajstić information content (AvgIpc) is 2.49. The third-order valence-corrected chi connectivity index (χ3v) is 4.74. The molecule has 0 bridgehead atoms. The Hall–Kier alpha value is -1.51. The Kier molecular flexibility index (Phi) is 4.60. The zero-order valence-electron chi connectivity index (χ0n) is 11.7. The van der Waals surface area contributed by atoms with Gasteiger partial charge in [0.1, 0.15) is 11.6 Å². The van der Waals surface area contributed by atoms with Gasteiger partial charge in [0.15, 0.2) is 0 Å². The molecule has 7 heteroatoms. The third kappa shape index (κ3) is 3.22. The molecule has 0 radical (unpaired) electrons. The Bertz CT molecular complexity index is 581. The van der Waals surface area contributed by atoms with Crippen molar-refractivity contribution in [3.05, 3.63) is 27.3 Å². The fourth-order valence-corrected chi connectivity index (χ4v) is 2.92. The van der Waals surface area contributed by atoms with Crippen molar-refractivity contribution < 1.29 is 15.1 Å². The minimum absolute atomic E-state index is 0.00909. The molecule has 0 saturated carbocycles. The summed E-state index contributed by atoms with van der Waals surface area (Å²) >= 11 is 2.10. The number of halogens is 1. The van der Waals surface area contributed by atoms with Crippen LogP contribution < -0.4 is 5.73 Å². The number of phenols is 1. The molecule has 1 aliphatic heterocycles. The van der Waals surface area contributed by atoms with Gasteiger partial charge in [-0.1, -0.05) is 12.1 Å². The number of carbonyl (C=O) groups is 1. The van der Waals surface area contributed by atoms with E-state index in [0.29, 0.717) is 31.5 Å². The van der Waals surface area contributed by atoms with E-state index in [1.165, 1.54) is 6.07 Å². The van der Waals surface area contributed by atoms with Crippen molar-refractivity contribution in [2.75, 3.05) is 13.1 Å². The van der Waals surface area contributed by atoms with Crippen LogP contribution in [0, 0.1) is 8.99 Å². The predicted molar refractivity (Wildman–Crippen MR) is 87.5 cm³/mol. The highest BCUT2D eigenvalue weighted by Crippen LogP contribution is 2.32. The fraction of sp³-hybridized carbons (Fsp3) is 0.429. The number of amides is 1. The summed E-state index contributed by atoms with van der Waals surface area (Å²) in [5.41, 5.74) is 5.64. The highest BCUT2D eigenvalue weighted by Gasteiger charge is 2.36. The van der Waals surface area contributed by atoms with E-state index in [0.717, 1.165) is 3.57 Å². The van der Waals surface area contributed by atoms with Gasteiger partial charge in [-0.3, -0.25) is 4.79 Å². The first kappa shape index (κ1) is 15.9. The highest BCUT2D eigenvalue weighted by molar-refractivity contribution is 14.1. The van der Waals surface area contributed by atoms with Gasteiger partial charge in [-0.05, 0) is 53.6 Å². The second-order valence-electron chi connectivity index (χ2n) is 5.50. The third-order valence-electron chi connectivity index (χ3n) is 4.07. The first-order valence-electron chi connectivity index (χ1n) is 6.63. The second-order valence-corrected chi connectivity index (χ2v) is 6.75. The minimum Gasteiger partial charge on any atom is -0.507 e. The van der Waals surface area contributed by atoms with Gasteiger partial charge in [-0.15, -0.1) is 0 Å². The number of phenolic OH excluding ortho intramolecular Hbond substituents is 1. The smallest absolute Gasteiger partial charge is 0.257 e. The lowest BCUT2D eigenvalue weighted by Crippen LogP contribution is -2.47. The van der Waals surface area contributed by atoms with Crippen molar-refractivity contribution in [2.24, 2.45) is 16.3 Å². The first-order valence-corrected chi connectivity index (χ1v) is 7.71. The molecule has 6 nitrogen and oxygen atoms in total. The second kappa shape index (κ2) is 6.08. The number of amidine groups is 1. The molecule has 1 amide bonds. The van der Waals surface area contributed by atoms with Crippen LogP contribution in [0.5, 0.6) is 5.75 Å². The van der Waals surface area contributed by atoms with Gasteiger partial charge < -0.3 is 20.9 Å². The van der Waals surface area contributed by atoms with Crippen molar-refractivity contribution in [3.63, 3.8) is 0 Å². The topological polar surface area (TPSA) is 99.2 Å². The van der Waals surface area contributed by atoms with Crippen LogP contribution >= 0.6 is 22.6 Å². The van der Waals surface area contributed by atoms with E-state index in [9.17, 15) is 9.90 Å². The van der Waals surface area contributed by atoms with E-state index in [1.54, 1.807) is 17.0 Å². The predicted octanol–water partition coefficient (Wildman–Crippen LogP) is 1.99. The molecule has 21 heavy (non-hydrogen) atoms. The monoisotopic (exact) mass is 403 g/mol. The number of oxime groups is 1. The first-order chi connectivity index (χ1) is 9.87. The van der Waals surface area contributed by atoms with E-state index in [2.05, 4.69) is 27.7 Å². The van der Waals surface area contributed by atoms with Crippen LogP contribution in [0.1, 0.15) is 30.1 Å². The zero-order valence-corrected chi connectivity index (χ0v) is 13.9. The number of hydrogen-bond donors (Lipinski definition) is 3. The summed E-state index contributed by atoms with van der Waals surface area (Å²) in [7, 11) is 0. The Balaban J connectivity index is 2.12. The molecule has 1 aromatic rings. The number of carbonyl (C=O) groups excluding carboxylic acids is 1. The summed E-state index contributed by atoms with van der Waals surface area (Å²) < 4.78 is 0.896. The number of nitrogens with two attached hydrogens (primary N) is 1. The van der Waals surface area contributed by atoms with E-state index >= 15 is 0 Å². The van der Waals surface area contributed by atoms with Gasteiger partial charge >= 0.3 is 0 Å². The molecule has 1 fully saturated rings. The lowest BCUT2D eigenvalue weighted by atomic mass is 9.79. The molecule has 0 aliphatic carbocycles. The van der Waals surface area contributed by atoms with Gasteiger partial charge in [0.2, 0.25) is 0 Å². The normalized spacial score (nSPS) is 18.6. The molecule has 0 unspecified atom stereocenters.